The summed E-state index contributed by atoms with van der Waals surface area (Å²) in [5.74, 6) is -0.0373. The lowest BCUT2D eigenvalue weighted by Crippen LogP contribution is -2.23. The number of anilines is 1. The van der Waals surface area contributed by atoms with E-state index in [2.05, 4.69) is 21.2 Å². The summed E-state index contributed by atoms with van der Waals surface area (Å²) < 4.78 is 4.59. The van der Waals surface area contributed by atoms with E-state index < -0.39 is 0 Å². The van der Waals surface area contributed by atoms with Crippen molar-refractivity contribution in [1.29, 1.82) is 0 Å². The van der Waals surface area contributed by atoms with E-state index in [0.29, 0.717) is 24.9 Å². The van der Waals surface area contributed by atoms with Gasteiger partial charge in [-0.1, -0.05) is 34.1 Å². The van der Waals surface area contributed by atoms with Crippen LogP contribution in [-0.4, -0.2) is 14.9 Å². The first-order chi connectivity index (χ1) is 14.0. The third-order valence-electron chi connectivity index (χ3n) is 5.23. The number of halogens is 1. The van der Waals surface area contributed by atoms with E-state index in [-0.39, 0.29) is 11.5 Å². The molecule has 4 rings (SSSR count). The Balaban J connectivity index is 1.56. The fourth-order valence-corrected chi connectivity index (χ4v) is 4.11. The normalized spacial score (nSPS) is 11.3. The van der Waals surface area contributed by atoms with Gasteiger partial charge in [-0.05, 0) is 61.7 Å². The van der Waals surface area contributed by atoms with E-state index in [9.17, 15) is 9.59 Å². The molecule has 1 amide bonds. The van der Waals surface area contributed by atoms with E-state index in [4.69, 9.17) is 0 Å². The second-order valence-electron chi connectivity index (χ2n) is 7.27. The molecule has 0 aliphatic rings. The van der Waals surface area contributed by atoms with Crippen molar-refractivity contribution >= 4 is 44.1 Å². The van der Waals surface area contributed by atoms with Crippen LogP contribution in [0.1, 0.15) is 24.0 Å². The van der Waals surface area contributed by atoms with Crippen molar-refractivity contribution in [3.05, 3.63) is 80.7 Å². The first kappa shape index (κ1) is 19.5. The van der Waals surface area contributed by atoms with E-state index in [0.717, 1.165) is 32.3 Å². The molecule has 0 aliphatic heterocycles. The molecule has 2 aromatic carbocycles. The number of amides is 1. The average Bonchev–Trinajstić information content (AvgIpc) is 3.17. The number of nitrogens with zero attached hydrogens (tertiary/aromatic N) is 2. The van der Waals surface area contributed by atoms with Gasteiger partial charge in [-0.25, -0.2) is 0 Å². The molecule has 148 valence electrons. The maximum atomic E-state index is 13.0. The fourth-order valence-electron chi connectivity index (χ4n) is 3.76. The predicted octanol–water partition coefficient (Wildman–Crippen LogP) is 5.05. The SMILES string of the molecule is Cc1cccc(C)c1NC(=O)CCCn1c(=O)c2cccn2c2ccc(Br)cc21. The fraction of sp³-hybridized carbons (Fsp3) is 0.217. The number of benzene rings is 2. The minimum atomic E-state index is -0.0456. The van der Waals surface area contributed by atoms with Gasteiger partial charge in [0.15, 0.2) is 0 Å². The van der Waals surface area contributed by atoms with Crippen LogP contribution in [0.4, 0.5) is 5.69 Å². The Hall–Kier alpha value is -2.86. The van der Waals surface area contributed by atoms with Gasteiger partial charge in [-0.2, -0.15) is 0 Å². The maximum absolute atomic E-state index is 13.0. The zero-order valence-electron chi connectivity index (χ0n) is 16.4. The Morgan fingerprint density at radius 3 is 2.52 bits per heavy atom. The quantitative estimate of drug-likeness (QED) is 0.461. The molecule has 0 atom stereocenters. The van der Waals surface area contributed by atoms with E-state index in [1.165, 1.54) is 0 Å². The lowest BCUT2D eigenvalue weighted by molar-refractivity contribution is -0.116. The molecular weight excluding hydrogens is 430 g/mol. The van der Waals surface area contributed by atoms with Gasteiger partial charge >= 0.3 is 0 Å². The summed E-state index contributed by atoms with van der Waals surface area (Å²) in [4.78, 5) is 25.5. The van der Waals surface area contributed by atoms with Gasteiger partial charge in [-0.15, -0.1) is 0 Å². The number of hydrogen-bond acceptors (Lipinski definition) is 2. The van der Waals surface area contributed by atoms with Crippen molar-refractivity contribution in [3.8, 4) is 0 Å². The summed E-state index contributed by atoms with van der Waals surface area (Å²) in [6.45, 7) is 4.45. The molecular formula is C23H22BrN3O2. The van der Waals surface area contributed by atoms with Crippen molar-refractivity contribution < 1.29 is 4.79 Å². The van der Waals surface area contributed by atoms with Crippen LogP contribution in [0.2, 0.25) is 0 Å². The Labute approximate surface area is 177 Å². The molecule has 0 radical (unpaired) electrons. The number of nitrogens with one attached hydrogen (secondary N) is 1. The smallest absolute Gasteiger partial charge is 0.275 e. The van der Waals surface area contributed by atoms with Crippen LogP contribution in [0.15, 0.2) is 64.0 Å². The summed E-state index contributed by atoms with van der Waals surface area (Å²) in [6.07, 6.45) is 2.83. The van der Waals surface area contributed by atoms with Gasteiger partial charge in [0.25, 0.3) is 5.56 Å². The van der Waals surface area contributed by atoms with Crippen LogP contribution in [0.3, 0.4) is 0 Å². The highest BCUT2D eigenvalue weighted by Crippen LogP contribution is 2.22. The summed E-state index contributed by atoms with van der Waals surface area (Å²) in [7, 11) is 0. The van der Waals surface area contributed by atoms with Crippen molar-refractivity contribution in [2.75, 3.05) is 5.32 Å². The molecule has 5 nitrogen and oxygen atoms in total. The summed E-state index contributed by atoms with van der Waals surface area (Å²) in [6, 6.07) is 15.6. The van der Waals surface area contributed by atoms with E-state index in [1.54, 1.807) is 4.57 Å². The standard InChI is InChI=1S/C23H22BrN3O2/c1-15-6-3-7-16(2)22(15)25-21(28)9-5-13-27-20-14-17(24)10-11-18(20)26-12-4-8-19(26)23(27)29/h3-4,6-8,10-12,14H,5,9,13H2,1-2H3,(H,25,28). The highest BCUT2D eigenvalue weighted by molar-refractivity contribution is 9.10. The van der Waals surface area contributed by atoms with Gasteiger partial charge < -0.3 is 14.3 Å². The minimum absolute atomic E-state index is 0.0373. The van der Waals surface area contributed by atoms with Gasteiger partial charge in [0.2, 0.25) is 5.91 Å². The summed E-state index contributed by atoms with van der Waals surface area (Å²) >= 11 is 3.50. The molecule has 2 aromatic heterocycles. The number of aromatic nitrogens is 2. The highest BCUT2D eigenvalue weighted by Gasteiger charge is 2.12. The van der Waals surface area contributed by atoms with Crippen LogP contribution in [0.25, 0.3) is 16.6 Å². The first-order valence-electron chi connectivity index (χ1n) is 9.61. The molecule has 0 aliphatic carbocycles. The van der Waals surface area contributed by atoms with Gasteiger partial charge in [0.05, 0.1) is 11.0 Å². The molecule has 2 heterocycles. The number of fused-ring (bicyclic) bond motifs is 3. The molecule has 0 bridgehead atoms. The maximum Gasteiger partial charge on any atom is 0.275 e. The van der Waals surface area contributed by atoms with Crippen molar-refractivity contribution in [1.82, 2.24) is 8.97 Å². The molecule has 0 spiro atoms. The van der Waals surface area contributed by atoms with Crippen LogP contribution in [0, 0.1) is 13.8 Å². The Morgan fingerprint density at radius 2 is 1.76 bits per heavy atom. The predicted molar refractivity (Wildman–Crippen MR) is 121 cm³/mol. The van der Waals surface area contributed by atoms with Gasteiger partial charge in [-0.3, -0.25) is 9.59 Å². The molecule has 1 N–H and O–H groups in total. The number of rotatable bonds is 5. The molecule has 0 saturated carbocycles. The zero-order valence-corrected chi connectivity index (χ0v) is 18.0. The molecule has 4 aromatic rings. The Morgan fingerprint density at radius 1 is 1.00 bits per heavy atom. The Bertz CT molecular complexity index is 1270. The summed E-state index contributed by atoms with van der Waals surface area (Å²) in [5.41, 5.74) is 5.37. The number of carbonyl (C=O) groups excluding carboxylic acids is 1. The Kier molecular flexibility index (Phi) is 5.28. The largest absolute Gasteiger partial charge is 0.326 e. The molecule has 0 saturated heterocycles. The zero-order chi connectivity index (χ0) is 20.5. The molecule has 6 heteroatoms. The third-order valence-corrected chi connectivity index (χ3v) is 5.73. The van der Waals surface area contributed by atoms with Gasteiger partial charge in [0, 0.05) is 29.3 Å². The van der Waals surface area contributed by atoms with E-state index in [1.807, 2.05) is 73.0 Å². The number of aryl methyl sites for hydroxylation is 3. The monoisotopic (exact) mass is 451 g/mol. The van der Waals surface area contributed by atoms with Gasteiger partial charge in [0.1, 0.15) is 5.52 Å². The number of para-hydroxylation sites is 1. The van der Waals surface area contributed by atoms with Crippen molar-refractivity contribution in [2.45, 2.75) is 33.2 Å². The highest BCUT2D eigenvalue weighted by atomic mass is 79.9. The molecule has 0 unspecified atom stereocenters. The molecule has 0 fully saturated rings. The second kappa shape index (κ2) is 7.87. The summed E-state index contributed by atoms with van der Waals surface area (Å²) in [5, 5.41) is 3.01. The molecule has 29 heavy (non-hydrogen) atoms. The average molecular weight is 452 g/mol. The van der Waals surface area contributed by atoms with Crippen LogP contribution >= 0.6 is 15.9 Å². The van der Waals surface area contributed by atoms with Crippen LogP contribution in [0.5, 0.6) is 0 Å². The topological polar surface area (TPSA) is 55.5 Å². The van der Waals surface area contributed by atoms with E-state index >= 15 is 0 Å². The van der Waals surface area contributed by atoms with Crippen LogP contribution < -0.4 is 10.9 Å². The second-order valence-corrected chi connectivity index (χ2v) is 8.19. The van der Waals surface area contributed by atoms with Crippen molar-refractivity contribution in [3.63, 3.8) is 0 Å². The first-order valence-corrected chi connectivity index (χ1v) is 10.4. The van der Waals surface area contributed by atoms with Crippen LogP contribution in [-0.2, 0) is 11.3 Å². The number of hydrogen-bond donors (Lipinski definition) is 1. The van der Waals surface area contributed by atoms with Crippen molar-refractivity contribution in [2.24, 2.45) is 0 Å². The number of carbonyl (C=O) groups is 1. The lowest BCUT2D eigenvalue weighted by atomic mass is 10.1. The minimum Gasteiger partial charge on any atom is -0.326 e. The third kappa shape index (κ3) is 3.72. The lowest BCUT2D eigenvalue weighted by Gasteiger charge is -2.14.